The van der Waals surface area contributed by atoms with E-state index in [0.717, 1.165) is 6.42 Å². The van der Waals surface area contributed by atoms with Crippen LogP contribution in [-0.2, 0) is 41.5 Å². The summed E-state index contributed by atoms with van der Waals surface area (Å²) in [5.74, 6) is 0. The number of rotatable bonds is 3. The van der Waals surface area contributed by atoms with Gasteiger partial charge in [0.1, 0.15) is 0 Å². The van der Waals surface area contributed by atoms with Crippen molar-refractivity contribution < 1.29 is 49.0 Å². The predicted molar refractivity (Wildman–Crippen MR) is 192 cm³/mol. The number of hydrogen-bond acceptors (Lipinski definition) is 0. The fraction of sp³-hybridized carbons (Fsp3) is 0.286. The summed E-state index contributed by atoms with van der Waals surface area (Å²) in [6.45, 7) is 20.7. The van der Waals surface area contributed by atoms with Gasteiger partial charge in [-0.05, 0) is 28.4 Å². The molecular formula is C42H48Cl2SiZr-2. The molecule has 0 fully saturated rings. The molecule has 0 saturated carbocycles. The summed E-state index contributed by atoms with van der Waals surface area (Å²) < 4.78 is 1.42. The molecule has 1 aliphatic rings. The molecule has 5 aromatic rings. The fourth-order valence-electron chi connectivity index (χ4n) is 5.28. The summed E-state index contributed by atoms with van der Waals surface area (Å²) in [6, 6.07) is 45.0. The summed E-state index contributed by atoms with van der Waals surface area (Å²) in [4.78, 5) is 0. The van der Waals surface area contributed by atoms with Crippen LogP contribution in [0.5, 0.6) is 0 Å². The molecule has 0 aromatic heterocycles. The second-order valence-corrected chi connectivity index (χ2v) is 21.1. The summed E-state index contributed by atoms with van der Waals surface area (Å²) in [5.41, 5.74) is 11.4. The topological polar surface area (TPSA) is 0 Å². The van der Waals surface area contributed by atoms with Crippen molar-refractivity contribution in [2.24, 2.45) is 0 Å². The second kappa shape index (κ2) is 16.7. The maximum absolute atomic E-state index is 3.67. The van der Waals surface area contributed by atoms with Crippen molar-refractivity contribution in [3.63, 3.8) is 0 Å². The molecule has 6 rings (SSSR count). The Morgan fingerprint density at radius 2 is 1.24 bits per heavy atom. The number of fused-ring (bicyclic) bond motifs is 3. The first-order valence-electron chi connectivity index (χ1n) is 15.8. The van der Waals surface area contributed by atoms with Crippen molar-refractivity contribution in [3.05, 3.63) is 155 Å². The van der Waals surface area contributed by atoms with Gasteiger partial charge in [0, 0.05) is 8.07 Å². The first kappa shape index (κ1) is 40.0. The Hall–Kier alpha value is -2.22. The van der Waals surface area contributed by atoms with E-state index in [1.165, 1.54) is 71.9 Å². The van der Waals surface area contributed by atoms with Crippen LogP contribution in [0.2, 0.25) is 19.6 Å². The molecule has 0 bridgehead atoms. The van der Waals surface area contributed by atoms with Crippen LogP contribution in [0.1, 0.15) is 74.9 Å². The third kappa shape index (κ3) is 10.6. The van der Waals surface area contributed by atoms with Gasteiger partial charge in [-0.25, -0.2) is 11.3 Å². The molecule has 0 N–H and O–H groups in total. The third-order valence-corrected chi connectivity index (χ3v) is 11.6. The molecule has 0 amide bonds. The monoisotopic (exact) mass is 740 g/mol. The molecule has 0 radical (unpaired) electrons. The Labute approximate surface area is 307 Å². The molecule has 1 aliphatic carbocycles. The summed E-state index contributed by atoms with van der Waals surface area (Å²) >= 11 is 1.46. The van der Waals surface area contributed by atoms with Crippen LogP contribution in [0, 0.1) is 6.07 Å². The standard InChI is InChI=1S/C21H25.C13H10.C8H13Si.2ClH.Zr/c1-20(2,3)16-7-9-18-14(12-16)11-15-13-17(21(4,5)6)8-10-19(15)18;1-3-7-12(8-4-1)11-13-9-5-2-6-10-13;1-9(2,3)8-6-4-5-7-8;;;/h7-10,12H,11H2,1-6H3;1-10H;4-7H,1-3H3;2*1H;/q-1;;-1;;;+2/p-2. The van der Waals surface area contributed by atoms with Gasteiger partial charge in [-0.1, -0.05) is 84.9 Å². The Kier molecular flexibility index (Phi) is 14.5. The van der Waals surface area contributed by atoms with Crippen LogP contribution in [0.3, 0.4) is 0 Å². The van der Waals surface area contributed by atoms with E-state index in [9.17, 15) is 0 Å². The molecule has 0 nitrogen and oxygen atoms in total. The first-order valence-corrected chi connectivity index (χ1v) is 20.5. The summed E-state index contributed by atoms with van der Waals surface area (Å²) in [5, 5.41) is 1.56. The molecule has 0 atom stereocenters. The van der Waals surface area contributed by atoms with Crippen molar-refractivity contribution in [1.29, 1.82) is 0 Å². The van der Waals surface area contributed by atoms with Crippen LogP contribution in [-0.4, -0.2) is 11.3 Å². The maximum atomic E-state index is 3.67. The summed E-state index contributed by atoms with van der Waals surface area (Å²) in [6.07, 6.45) is 1.03. The van der Waals surface area contributed by atoms with Gasteiger partial charge in [-0.2, -0.15) is 42.0 Å². The molecular weight excluding hydrogens is 695 g/mol. The van der Waals surface area contributed by atoms with Crippen LogP contribution in [0.15, 0.2) is 115 Å². The van der Waals surface area contributed by atoms with E-state index in [2.05, 4.69) is 183 Å². The van der Waals surface area contributed by atoms with E-state index in [4.69, 9.17) is 0 Å². The van der Waals surface area contributed by atoms with Crippen molar-refractivity contribution in [1.82, 2.24) is 0 Å². The van der Waals surface area contributed by atoms with E-state index in [0.29, 0.717) is 0 Å². The molecule has 0 aliphatic heterocycles. The van der Waals surface area contributed by atoms with E-state index in [1.54, 1.807) is 5.19 Å². The average molecular weight is 743 g/mol. The predicted octanol–water partition coefficient (Wildman–Crippen LogP) is 4.41. The molecule has 0 unspecified atom stereocenters. The van der Waals surface area contributed by atoms with E-state index < -0.39 is 8.07 Å². The summed E-state index contributed by atoms with van der Waals surface area (Å²) in [7, 11) is -0.981. The zero-order chi connectivity index (χ0) is 32.1. The minimum absolute atomic E-state index is 0. The Bertz CT molecular complexity index is 1570. The fourth-order valence-corrected chi connectivity index (χ4v) is 7.29. The van der Waals surface area contributed by atoms with Crippen LogP contribution >= 0.6 is 0 Å². The minimum atomic E-state index is -0.981. The van der Waals surface area contributed by atoms with Crippen LogP contribution < -0.4 is 30.0 Å². The van der Waals surface area contributed by atoms with E-state index in [1.807, 2.05) is 0 Å². The molecule has 4 heteroatoms. The van der Waals surface area contributed by atoms with Gasteiger partial charge in [-0.3, -0.25) is 0 Å². The van der Waals surface area contributed by atoms with Crippen molar-refractivity contribution >= 4 is 16.5 Å². The van der Waals surface area contributed by atoms with E-state index in [-0.39, 0.29) is 35.6 Å². The number of hydrogen-bond donors (Lipinski definition) is 0. The van der Waals surface area contributed by atoms with Gasteiger partial charge < -0.3 is 24.8 Å². The van der Waals surface area contributed by atoms with Crippen molar-refractivity contribution in [2.45, 2.75) is 78.4 Å². The van der Waals surface area contributed by atoms with Gasteiger partial charge in [0.05, 0.1) is 0 Å². The van der Waals surface area contributed by atoms with Gasteiger partial charge in [0.25, 0.3) is 0 Å². The Balaban J connectivity index is 0.000000256. The molecule has 0 heterocycles. The Morgan fingerprint density at radius 3 is 1.67 bits per heavy atom. The zero-order valence-corrected chi connectivity index (χ0v) is 33.9. The molecule has 240 valence electrons. The van der Waals surface area contributed by atoms with Gasteiger partial charge in [0.2, 0.25) is 0 Å². The van der Waals surface area contributed by atoms with Gasteiger partial charge >= 0.3 is 99.2 Å². The first-order chi connectivity index (χ1) is 20.6. The molecule has 0 saturated heterocycles. The zero-order valence-electron chi connectivity index (χ0n) is 28.9. The van der Waals surface area contributed by atoms with Crippen LogP contribution in [0.4, 0.5) is 0 Å². The molecule has 46 heavy (non-hydrogen) atoms. The molecule has 5 aromatic carbocycles. The normalized spacial score (nSPS) is 11.7. The number of halogens is 2. The van der Waals surface area contributed by atoms with Gasteiger partial charge in [0.15, 0.2) is 0 Å². The molecule has 0 spiro atoms. The van der Waals surface area contributed by atoms with E-state index >= 15 is 0 Å². The van der Waals surface area contributed by atoms with Crippen molar-refractivity contribution in [3.8, 4) is 11.1 Å². The quantitative estimate of drug-likeness (QED) is 0.186. The van der Waals surface area contributed by atoms with Crippen molar-refractivity contribution in [2.75, 3.05) is 0 Å². The van der Waals surface area contributed by atoms with Crippen LogP contribution in [0.25, 0.3) is 11.1 Å². The van der Waals surface area contributed by atoms with Gasteiger partial charge in [-0.15, -0.1) is 11.1 Å². The number of benzene rings is 4. The third-order valence-electron chi connectivity index (χ3n) is 8.12. The second-order valence-electron chi connectivity index (χ2n) is 14.8. The SMILES string of the molecule is CC(C)(C)c1[c-]c2c(cc1)-c1ccc(C(C)(C)C)cc1C2.C[Si](C)(C)c1cc[cH-]c1.[Cl-].[Cl-].[Zr+2]=[C](c1ccccc1)c1ccccc1. The Morgan fingerprint density at radius 1 is 0.696 bits per heavy atom. The average Bonchev–Trinajstić information content (AvgIpc) is 3.66.